The molecule has 0 aliphatic heterocycles. The van der Waals surface area contributed by atoms with Gasteiger partial charge < -0.3 is 10.5 Å². The lowest BCUT2D eigenvalue weighted by Gasteiger charge is -2.06. The molecule has 0 aliphatic carbocycles. The predicted octanol–water partition coefficient (Wildman–Crippen LogP) is 2.54. The van der Waals surface area contributed by atoms with Gasteiger partial charge in [-0.1, -0.05) is 17.7 Å². The van der Waals surface area contributed by atoms with Crippen LogP contribution in [0.5, 0.6) is 5.88 Å². The lowest BCUT2D eigenvalue weighted by Crippen LogP contribution is -2.02. The third kappa shape index (κ3) is 3.90. The second-order valence-corrected chi connectivity index (χ2v) is 3.52. The van der Waals surface area contributed by atoms with E-state index in [1.165, 1.54) is 0 Å². The van der Waals surface area contributed by atoms with E-state index in [4.69, 9.17) is 22.1 Å². The Morgan fingerprint density at radius 2 is 2.40 bits per heavy atom. The Hall–Kier alpha value is -1.06. The quantitative estimate of drug-likeness (QED) is 0.599. The number of ether oxygens (including phenoxy) is 1. The van der Waals surface area contributed by atoms with Crippen molar-refractivity contribution in [1.29, 1.82) is 0 Å². The van der Waals surface area contributed by atoms with E-state index in [1.54, 1.807) is 12.3 Å². The highest BCUT2D eigenvalue weighted by molar-refractivity contribution is 6.31. The van der Waals surface area contributed by atoms with Crippen LogP contribution in [-0.4, -0.2) is 11.6 Å². The van der Waals surface area contributed by atoms with E-state index in [2.05, 4.69) is 11.6 Å². The third-order valence-corrected chi connectivity index (χ3v) is 2.16. The lowest BCUT2D eigenvalue weighted by atomic mass is 10.3. The summed E-state index contributed by atoms with van der Waals surface area (Å²) in [5, 5.41) is 0.511. The first kappa shape index (κ1) is 12.0. The molecule has 1 aromatic rings. The predicted molar refractivity (Wildman–Crippen MR) is 62.1 cm³/mol. The SMILES string of the molecule is C=CCCCOc1ncc(CN)cc1Cl. The molecule has 15 heavy (non-hydrogen) atoms. The van der Waals surface area contributed by atoms with Crippen molar-refractivity contribution < 1.29 is 4.74 Å². The van der Waals surface area contributed by atoms with E-state index < -0.39 is 0 Å². The van der Waals surface area contributed by atoms with Gasteiger partial charge in [-0.25, -0.2) is 4.98 Å². The molecule has 0 saturated carbocycles. The molecule has 0 aromatic carbocycles. The third-order valence-electron chi connectivity index (χ3n) is 1.89. The fraction of sp³-hybridized carbons (Fsp3) is 0.364. The van der Waals surface area contributed by atoms with Gasteiger partial charge in [0.2, 0.25) is 5.88 Å². The second kappa shape index (κ2) is 6.43. The van der Waals surface area contributed by atoms with Crippen LogP contribution in [0.2, 0.25) is 5.02 Å². The van der Waals surface area contributed by atoms with Crippen LogP contribution in [0, 0.1) is 0 Å². The van der Waals surface area contributed by atoms with Crippen LogP contribution < -0.4 is 10.5 Å². The van der Waals surface area contributed by atoms with Crippen molar-refractivity contribution in [2.45, 2.75) is 19.4 Å². The number of rotatable bonds is 6. The lowest BCUT2D eigenvalue weighted by molar-refractivity contribution is 0.300. The van der Waals surface area contributed by atoms with E-state index >= 15 is 0 Å². The highest BCUT2D eigenvalue weighted by Crippen LogP contribution is 2.22. The normalized spacial score (nSPS) is 10.0. The minimum absolute atomic E-state index is 0.434. The summed E-state index contributed by atoms with van der Waals surface area (Å²) >= 11 is 5.96. The molecule has 0 unspecified atom stereocenters. The first-order chi connectivity index (χ1) is 7.27. The number of nitrogens with two attached hydrogens (primary N) is 1. The molecule has 4 heteroatoms. The van der Waals surface area contributed by atoms with Gasteiger partial charge in [-0.15, -0.1) is 6.58 Å². The zero-order valence-corrected chi connectivity index (χ0v) is 9.33. The molecular formula is C11H15ClN2O. The molecule has 0 fully saturated rings. The Bertz CT molecular complexity index is 328. The number of pyridine rings is 1. The summed E-state index contributed by atoms with van der Waals surface area (Å²) < 4.78 is 5.41. The number of unbranched alkanes of at least 4 members (excludes halogenated alkanes) is 1. The highest BCUT2D eigenvalue weighted by atomic mass is 35.5. The van der Waals surface area contributed by atoms with Crippen LogP contribution >= 0.6 is 11.6 Å². The van der Waals surface area contributed by atoms with Crippen LogP contribution in [0.25, 0.3) is 0 Å². The van der Waals surface area contributed by atoms with Gasteiger partial charge >= 0.3 is 0 Å². The molecule has 3 nitrogen and oxygen atoms in total. The first-order valence-electron chi connectivity index (χ1n) is 4.86. The minimum Gasteiger partial charge on any atom is -0.477 e. The number of hydrogen-bond donors (Lipinski definition) is 1. The maximum absolute atomic E-state index is 5.96. The Labute approximate surface area is 94.9 Å². The second-order valence-electron chi connectivity index (χ2n) is 3.11. The molecule has 0 spiro atoms. The number of nitrogens with zero attached hydrogens (tertiary/aromatic N) is 1. The van der Waals surface area contributed by atoms with Crippen molar-refractivity contribution in [1.82, 2.24) is 4.98 Å². The maximum atomic E-state index is 5.96. The summed E-state index contributed by atoms with van der Waals surface area (Å²) in [4.78, 5) is 4.09. The molecule has 0 atom stereocenters. The Morgan fingerprint density at radius 1 is 1.60 bits per heavy atom. The summed E-state index contributed by atoms with van der Waals surface area (Å²) in [7, 11) is 0. The Balaban J connectivity index is 2.50. The van der Waals surface area contributed by atoms with Gasteiger partial charge in [0.1, 0.15) is 5.02 Å². The molecule has 0 aliphatic rings. The van der Waals surface area contributed by atoms with Crippen molar-refractivity contribution in [3.8, 4) is 5.88 Å². The van der Waals surface area contributed by atoms with Crippen molar-refractivity contribution in [3.63, 3.8) is 0 Å². The van der Waals surface area contributed by atoms with E-state index in [9.17, 15) is 0 Å². The van der Waals surface area contributed by atoms with E-state index in [0.29, 0.717) is 24.1 Å². The topological polar surface area (TPSA) is 48.1 Å². The van der Waals surface area contributed by atoms with Crippen LogP contribution in [0.4, 0.5) is 0 Å². The first-order valence-corrected chi connectivity index (χ1v) is 5.24. The number of allylic oxidation sites excluding steroid dienone is 1. The zero-order valence-electron chi connectivity index (χ0n) is 8.58. The van der Waals surface area contributed by atoms with Crippen molar-refractivity contribution in [2.75, 3.05) is 6.61 Å². The molecule has 0 radical (unpaired) electrons. The summed E-state index contributed by atoms with van der Waals surface area (Å²) in [5.74, 6) is 0.470. The molecule has 2 N–H and O–H groups in total. The fourth-order valence-corrected chi connectivity index (χ4v) is 1.32. The Morgan fingerprint density at radius 3 is 3.00 bits per heavy atom. The van der Waals surface area contributed by atoms with Gasteiger partial charge in [0.25, 0.3) is 0 Å². The molecular weight excluding hydrogens is 212 g/mol. The van der Waals surface area contributed by atoms with Crippen molar-refractivity contribution in [3.05, 3.63) is 35.5 Å². The largest absolute Gasteiger partial charge is 0.477 e. The van der Waals surface area contributed by atoms with Crippen LogP contribution in [0.15, 0.2) is 24.9 Å². The molecule has 1 aromatic heterocycles. The molecule has 1 heterocycles. The highest BCUT2D eigenvalue weighted by Gasteiger charge is 2.03. The molecule has 0 bridgehead atoms. The molecule has 0 saturated heterocycles. The van der Waals surface area contributed by atoms with Gasteiger partial charge in [-0.2, -0.15) is 0 Å². The smallest absolute Gasteiger partial charge is 0.232 e. The monoisotopic (exact) mass is 226 g/mol. The van der Waals surface area contributed by atoms with E-state index in [1.807, 2.05) is 6.08 Å². The van der Waals surface area contributed by atoms with Crippen LogP contribution in [-0.2, 0) is 6.54 Å². The summed E-state index contributed by atoms with van der Waals surface area (Å²) in [6.07, 6.45) is 5.38. The summed E-state index contributed by atoms with van der Waals surface area (Å²) in [6, 6.07) is 1.78. The standard InChI is InChI=1S/C11H15ClN2O/c1-2-3-4-5-15-11-10(12)6-9(7-13)8-14-11/h2,6,8H,1,3-5,7,13H2. The zero-order chi connectivity index (χ0) is 11.1. The minimum atomic E-state index is 0.434. The van der Waals surface area contributed by atoms with E-state index in [-0.39, 0.29) is 0 Å². The van der Waals surface area contributed by atoms with E-state index in [0.717, 1.165) is 18.4 Å². The fourth-order valence-electron chi connectivity index (χ4n) is 1.08. The molecule has 82 valence electrons. The van der Waals surface area contributed by atoms with Crippen molar-refractivity contribution >= 4 is 11.6 Å². The molecule has 0 amide bonds. The number of hydrogen-bond acceptors (Lipinski definition) is 3. The summed E-state index contributed by atoms with van der Waals surface area (Å²) in [5.41, 5.74) is 6.36. The van der Waals surface area contributed by atoms with Gasteiger partial charge in [0.05, 0.1) is 6.61 Å². The number of halogens is 1. The maximum Gasteiger partial charge on any atom is 0.232 e. The average Bonchev–Trinajstić information content (AvgIpc) is 2.26. The van der Waals surface area contributed by atoms with Gasteiger partial charge in [0, 0.05) is 12.7 Å². The van der Waals surface area contributed by atoms with Gasteiger partial charge in [-0.05, 0) is 24.5 Å². The number of aromatic nitrogens is 1. The van der Waals surface area contributed by atoms with Crippen LogP contribution in [0.1, 0.15) is 18.4 Å². The average molecular weight is 227 g/mol. The van der Waals surface area contributed by atoms with Gasteiger partial charge in [0.15, 0.2) is 0 Å². The summed E-state index contributed by atoms with van der Waals surface area (Å²) in [6.45, 7) is 4.67. The molecule has 1 rings (SSSR count). The van der Waals surface area contributed by atoms with Gasteiger partial charge in [-0.3, -0.25) is 0 Å². The van der Waals surface area contributed by atoms with Crippen LogP contribution in [0.3, 0.4) is 0 Å². The van der Waals surface area contributed by atoms with Crippen molar-refractivity contribution in [2.24, 2.45) is 5.73 Å². The Kier molecular flexibility index (Phi) is 5.15.